The number of nitrogens with zero attached hydrogens (tertiary/aromatic N) is 3. The van der Waals surface area contributed by atoms with Crippen LogP contribution >= 0.6 is 15.9 Å². The van der Waals surface area contributed by atoms with Gasteiger partial charge in [-0.3, -0.25) is 19.9 Å². The van der Waals surface area contributed by atoms with Crippen molar-refractivity contribution in [3.63, 3.8) is 0 Å². The number of nitrogens with one attached hydrogen (secondary N) is 2. The van der Waals surface area contributed by atoms with Crippen molar-refractivity contribution < 1.29 is 19.1 Å². The number of benzene rings is 1. The number of alkyl carbamates (subject to hydrolysis) is 1. The molecule has 2 N–H and O–H groups in total. The highest BCUT2D eigenvalue weighted by Crippen LogP contribution is 2.29. The molecule has 188 valence electrons. The van der Waals surface area contributed by atoms with Gasteiger partial charge in [0.05, 0.1) is 5.52 Å². The second-order valence-corrected chi connectivity index (χ2v) is 11.3. The molecule has 2 aromatic rings. The number of carbonyl (C=O) groups is 3. The second-order valence-electron chi connectivity index (χ2n) is 10.4. The Morgan fingerprint density at radius 3 is 2.51 bits per heavy atom. The summed E-state index contributed by atoms with van der Waals surface area (Å²) in [5.74, 6) is -0.811. The third kappa shape index (κ3) is 5.75. The molecular weight excluding hydrogens is 514 g/mol. The number of amides is 3. The van der Waals surface area contributed by atoms with Gasteiger partial charge in [-0.1, -0.05) is 35.8 Å². The lowest BCUT2D eigenvalue weighted by atomic mass is 10.00. The van der Waals surface area contributed by atoms with Gasteiger partial charge in [-0.05, 0) is 51.0 Å². The van der Waals surface area contributed by atoms with Gasteiger partial charge in [0.25, 0.3) is 11.8 Å². The van der Waals surface area contributed by atoms with Gasteiger partial charge in [0.2, 0.25) is 0 Å². The molecule has 1 aromatic carbocycles. The normalized spacial score (nSPS) is 23.3. The Labute approximate surface area is 213 Å². The van der Waals surface area contributed by atoms with Crippen LogP contribution in [-0.2, 0) is 20.9 Å². The summed E-state index contributed by atoms with van der Waals surface area (Å²) in [5.41, 5.74) is 4.18. The number of imide groups is 1. The molecule has 2 fully saturated rings. The maximum absolute atomic E-state index is 12.6. The van der Waals surface area contributed by atoms with Crippen molar-refractivity contribution in [2.45, 2.75) is 59.2 Å². The number of pyridine rings is 1. The van der Waals surface area contributed by atoms with Crippen LogP contribution in [0.3, 0.4) is 0 Å². The van der Waals surface area contributed by atoms with Gasteiger partial charge >= 0.3 is 6.09 Å². The fraction of sp³-hybridized carbons (Fsp3) is 0.520. The lowest BCUT2D eigenvalue weighted by molar-refractivity contribution is -0.138. The van der Waals surface area contributed by atoms with Crippen LogP contribution in [0.4, 0.5) is 10.6 Å². The summed E-state index contributed by atoms with van der Waals surface area (Å²) in [6.07, 6.45) is 0.421. The van der Waals surface area contributed by atoms with E-state index >= 15 is 0 Å². The van der Waals surface area contributed by atoms with E-state index in [1.807, 2.05) is 45.0 Å². The van der Waals surface area contributed by atoms with E-state index in [1.54, 1.807) is 13.8 Å². The topological polar surface area (TPSA) is 104 Å². The molecule has 3 amide bonds. The van der Waals surface area contributed by atoms with Gasteiger partial charge in [0.15, 0.2) is 0 Å². The quantitative estimate of drug-likeness (QED) is 0.545. The number of hydrazine groups is 1. The molecule has 2 saturated heterocycles. The Morgan fingerprint density at radius 2 is 1.86 bits per heavy atom. The molecule has 0 aliphatic carbocycles. The molecule has 0 bridgehead atoms. The summed E-state index contributed by atoms with van der Waals surface area (Å²) in [5, 5.41) is 5.03. The number of anilines is 1. The molecule has 9 nitrogen and oxygen atoms in total. The van der Waals surface area contributed by atoms with Gasteiger partial charge in [0, 0.05) is 47.4 Å². The third-order valence-electron chi connectivity index (χ3n) is 6.44. The average molecular weight is 546 g/mol. The van der Waals surface area contributed by atoms with Crippen molar-refractivity contribution >= 4 is 50.6 Å². The molecule has 0 spiro atoms. The molecule has 3 heterocycles. The van der Waals surface area contributed by atoms with E-state index in [1.165, 1.54) is 0 Å². The number of ether oxygens (including phenoxy) is 1. The average Bonchev–Trinajstić information content (AvgIpc) is 3.26. The van der Waals surface area contributed by atoms with Crippen molar-refractivity contribution in [2.24, 2.45) is 11.8 Å². The van der Waals surface area contributed by atoms with Crippen LogP contribution < -0.4 is 10.7 Å². The van der Waals surface area contributed by atoms with E-state index in [-0.39, 0.29) is 29.7 Å². The summed E-state index contributed by atoms with van der Waals surface area (Å²) in [6.45, 7) is 11.2. The minimum absolute atomic E-state index is 0.00695. The summed E-state index contributed by atoms with van der Waals surface area (Å²) in [4.78, 5) is 44.2. The highest BCUT2D eigenvalue weighted by molar-refractivity contribution is 9.10. The molecule has 0 saturated carbocycles. The summed E-state index contributed by atoms with van der Waals surface area (Å²) >= 11 is 3.50. The van der Waals surface area contributed by atoms with Crippen LogP contribution in [0, 0.1) is 11.8 Å². The third-order valence-corrected chi connectivity index (χ3v) is 6.93. The van der Waals surface area contributed by atoms with Crippen LogP contribution in [-0.4, -0.2) is 57.5 Å². The molecule has 1 aromatic heterocycles. The summed E-state index contributed by atoms with van der Waals surface area (Å²) in [6, 6.07) is 7.79. The Hall–Kier alpha value is -2.72. The first-order valence-corrected chi connectivity index (χ1v) is 12.7. The van der Waals surface area contributed by atoms with Gasteiger partial charge < -0.3 is 10.1 Å². The zero-order valence-corrected chi connectivity index (χ0v) is 22.3. The maximum Gasteiger partial charge on any atom is 0.407 e. The van der Waals surface area contributed by atoms with E-state index in [4.69, 9.17) is 4.74 Å². The van der Waals surface area contributed by atoms with Gasteiger partial charge in [-0.2, -0.15) is 5.01 Å². The van der Waals surface area contributed by atoms with Gasteiger partial charge in [-0.15, -0.1) is 0 Å². The smallest absolute Gasteiger partial charge is 0.407 e. The molecule has 10 heteroatoms. The fourth-order valence-electron chi connectivity index (χ4n) is 4.44. The molecule has 4 rings (SSSR count). The minimum Gasteiger partial charge on any atom is -0.444 e. The predicted octanol–water partition coefficient (Wildman–Crippen LogP) is 4.06. The standard InChI is InChI=1S/C25H32BrN5O4/c1-14-15(2)23(33)31(22(14)32)29-21-10-16(19-7-6-17(26)11-20(19)28-21)12-30-9-8-18(13-30)27-24(34)35-25(3,4)5/h6-7,10-11,14-15,18H,8-9,12-13H2,1-5H3,(H,27,34)(H,28,29). The van der Waals surface area contributed by atoms with Crippen molar-refractivity contribution in [2.75, 3.05) is 18.5 Å². The Balaban J connectivity index is 1.52. The maximum atomic E-state index is 12.6. The first kappa shape index (κ1) is 25.4. The Kier molecular flexibility index (Phi) is 7.06. The van der Waals surface area contributed by atoms with Crippen LogP contribution in [0.1, 0.15) is 46.6 Å². The SMILES string of the molecule is CC1C(=O)N(Nc2cc(CN3CCC(NC(=O)OC(C)(C)C)C3)c3ccc(Br)cc3n2)C(=O)C1C. The molecule has 3 atom stereocenters. The van der Waals surface area contributed by atoms with E-state index in [2.05, 4.69) is 36.6 Å². The molecular formula is C25H32BrN5O4. The first-order chi connectivity index (χ1) is 16.4. The number of rotatable bonds is 5. The van der Waals surface area contributed by atoms with Crippen LogP contribution in [0.5, 0.6) is 0 Å². The van der Waals surface area contributed by atoms with Crippen molar-refractivity contribution in [1.82, 2.24) is 20.2 Å². The van der Waals surface area contributed by atoms with Crippen LogP contribution in [0.2, 0.25) is 0 Å². The summed E-state index contributed by atoms with van der Waals surface area (Å²) in [7, 11) is 0. The first-order valence-electron chi connectivity index (χ1n) is 11.9. The van der Waals surface area contributed by atoms with E-state index in [9.17, 15) is 14.4 Å². The van der Waals surface area contributed by atoms with Crippen LogP contribution in [0.25, 0.3) is 10.9 Å². The van der Waals surface area contributed by atoms with E-state index in [0.717, 1.165) is 38.9 Å². The summed E-state index contributed by atoms with van der Waals surface area (Å²) < 4.78 is 6.27. The second kappa shape index (κ2) is 9.73. The number of aromatic nitrogens is 1. The number of halogens is 1. The van der Waals surface area contributed by atoms with Gasteiger partial charge in [0.1, 0.15) is 11.4 Å². The Bertz CT molecular complexity index is 1140. The zero-order valence-electron chi connectivity index (χ0n) is 20.7. The minimum atomic E-state index is -0.538. The number of likely N-dealkylation sites (tertiary alicyclic amines) is 1. The lowest BCUT2D eigenvalue weighted by Gasteiger charge is -2.22. The van der Waals surface area contributed by atoms with E-state index < -0.39 is 11.7 Å². The molecule has 2 aliphatic heterocycles. The zero-order chi connectivity index (χ0) is 25.5. The number of fused-ring (bicyclic) bond motifs is 1. The van der Waals surface area contributed by atoms with Crippen molar-refractivity contribution in [3.8, 4) is 0 Å². The monoisotopic (exact) mass is 545 g/mol. The molecule has 0 radical (unpaired) electrons. The molecule has 35 heavy (non-hydrogen) atoms. The number of carbonyl (C=O) groups excluding carboxylic acids is 3. The molecule has 2 aliphatic rings. The van der Waals surface area contributed by atoms with Crippen molar-refractivity contribution in [3.05, 3.63) is 34.3 Å². The fourth-order valence-corrected chi connectivity index (χ4v) is 4.79. The van der Waals surface area contributed by atoms with E-state index in [0.29, 0.717) is 18.9 Å². The lowest BCUT2D eigenvalue weighted by Crippen LogP contribution is -2.40. The molecule has 3 unspecified atom stereocenters. The highest BCUT2D eigenvalue weighted by Gasteiger charge is 2.43. The van der Waals surface area contributed by atoms with Crippen LogP contribution in [0.15, 0.2) is 28.7 Å². The van der Waals surface area contributed by atoms with Gasteiger partial charge in [-0.25, -0.2) is 9.78 Å². The largest absolute Gasteiger partial charge is 0.444 e. The number of hydrogen-bond donors (Lipinski definition) is 2. The van der Waals surface area contributed by atoms with Crippen molar-refractivity contribution in [1.29, 1.82) is 0 Å². The Morgan fingerprint density at radius 1 is 1.17 bits per heavy atom. The predicted molar refractivity (Wildman–Crippen MR) is 136 cm³/mol. The number of hydrogen-bond acceptors (Lipinski definition) is 7. The highest BCUT2D eigenvalue weighted by atomic mass is 79.9.